The van der Waals surface area contributed by atoms with E-state index in [1.54, 1.807) is 0 Å². The van der Waals surface area contributed by atoms with Crippen molar-refractivity contribution in [3.05, 3.63) is 22.7 Å². The molecule has 1 aliphatic rings. The molecule has 1 fully saturated rings. The summed E-state index contributed by atoms with van der Waals surface area (Å²) in [4.78, 5) is 26.1. The van der Waals surface area contributed by atoms with Crippen molar-refractivity contribution in [2.45, 2.75) is 29.8 Å². The van der Waals surface area contributed by atoms with Crippen LogP contribution in [0.4, 0.5) is 5.82 Å². The summed E-state index contributed by atoms with van der Waals surface area (Å²) in [5.41, 5.74) is 4.79. The lowest BCUT2D eigenvalue weighted by molar-refractivity contribution is -0.141. The van der Waals surface area contributed by atoms with Gasteiger partial charge in [0.25, 0.3) is 0 Å². The number of ether oxygens (including phenoxy) is 1. The summed E-state index contributed by atoms with van der Waals surface area (Å²) < 4.78 is 6.02. The van der Waals surface area contributed by atoms with Crippen LogP contribution >= 0.6 is 11.8 Å². The molecule has 2 heterocycles. The Balaban J connectivity index is 2.17. The predicted molar refractivity (Wildman–Crippen MR) is 72.0 cm³/mol. The largest absolute Gasteiger partial charge is 0.465 e. The van der Waals surface area contributed by atoms with Crippen LogP contribution in [0, 0.1) is 0 Å². The minimum Gasteiger partial charge on any atom is -0.465 e. The molecule has 20 heavy (non-hydrogen) atoms. The third-order valence-corrected chi connectivity index (χ3v) is 4.46. The molecular weight excluding hydrogens is 286 g/mol. The van der Waals surface area contributed by atoms with Crippen molar-refractivity contribution >= 4 is 23.5 Å². The number of nitrogens with zero attached hydrogens (tertiary/aromatic N) is 2. The number of anilines is 1. The summed E-state index contributed by atoms with van der Waals surface area (Å²) in [6, 6.07) is 1.43. The lowest BCUT2D eigenvalue weighted by atomic mass is 10.1. The van der Waals surface area contributed by atoms with Crippen molar-refractivity contribution in [2.24, 2.45) is 0 Å². The van der Waals surface area contributed by atoms with Crippen LogP contribution < -0.4 is 11.4 Å². The molecule has 1 aromatic rings. The first kappa shape index (κ1) is 14.8. The van der Waals surface area contributed by atoms with Crippen LogP contribution in [0.15, 0.2) is 17.1 Å². The fourth-order valence-corrected chi connectivity index (χ4v) is 3.36. The smallest absolute Gasteiger partial charge is 0.350 e. The highest BCUT2D eigenvalue weighted by molar-refractivity contribution is 8.00. The molecule has 0 bridgehead atoms. The summed E-state index contributed by atoms with van der Waals surface area (Å²) in [6.45, 7) is 1.22. The number of thioether (sulfide) groups is 1. The van der Waals surface area contributed by atoms with E-state index in [4.69, 9.17) is 10.5 Å². The zero-order valence-corrected chi connectivity index (χ0v) is 11.5. The number of aromatic nitrogens is 2. The summed E-state index contributed by atoms with van der Waals surface area (Å²) in [5, 5.41) is 18.7. The molecule has 9 heteroatoms. The first-order valence-electron chi connectivity index (χ1n) is 5.89. The average molecular weight is 301 g/mol. The normalized spacial score (nSPS) is 29.4. The molecule has 4 N–H and O–H groups in total. The van der Waals surface area contributed by atoms with Gasteiger partial charge in [-0.05, 0) is 6.07 Å². The van der Waals surface area contributed by atoms with Gasteiger partial charge >= 0.3 is 11.7 Å². The van der Waals surface area contributed by atoms with Crippen molar-refractivity contribution in [2.75, 3.05) is 12.3 Å². The van der Waals surface area contributed by atoms with Crippen molar-refractivity contribution in [1.82, 2.24) is 9.55 Å². The summed E-state index contributed by atoms with van der Waals surface area (Å²) in [5.74, 6) is -0.386. The Morgan fingerprint density at radius 3 is 2.85 bits per heavy atom. The van der Waals surface area contributed by atoms with Crippen molar-refractivity contribution in [3.8, 4) is 0 Å². The predicted octanol–water partition coefficient (Wildman–Crippen LogP) is -1.28. The fraction of sp³-hybridized carbons (Fsp3) is 0.545. The van der Waals surface area contributed by atoms with E-state index in [1.807, 2.05) is 0 Å². The molecular formula is C11H15N3O5S. The lowest BCUT2D eigenvalue weighted by Crippen LogP contribution is -2.36. The molecule has 0 amide bonds. The van der Waals surface area contributed by atoms with Crippen LogP contribution in [0.3, 0.4) is 0 Å². The Morgan fingerprint density at radius 1 is 1.55 bits per heavy atom. The topological polar surface area (TPSA) is 128 Å². The highest BCUT2D eigenvalue weighted by atomic mass is 32.2. The molecule has 110 valence electrons. The molecule has 0 radical (unpaired) electrons. The minimum atomic E-state index is -1.16. The second kappa shape index (κ2) is 5.81. The van der Waals surface area contributed by atoms with Crippen LogP contribution in [-0.2, 0) is 9.53 Å². The molecule has 8 nitrogen and oxygen atoms in total. The van der Waals surface area contributed by atoms with E-state index < -0.39 is 34.5 Å². The summed E-state index contributed by atoms with van der Waals surface area (Å²) >= 11 is 1.15. The fourth-order valence-electron chi connectivity index (χ4n) is 1.92. The van der Waals surface area contributed by atoms with E-state index in [-0.39, 0.29) is 12.4 Å². The Kier molecular flexibility index (Phi) is 4.31. The van der Waals surface area contributed by atoms with Gasteiger partial charge in [0.15, 0.2) is 0 Å². The molecule has 2 unspecified atom stereocenters. The SMILES string of the molecule is CC(=O)OC[C@H]1S[C@@H](n2ccc(N)nc2=O)C(O)C1O. The van der Waals surface area contributed by atoms with Gasteiger partial charge in [0.1, 0.15) is 23.9 Å². The number of aliphatic hydroxyl groups excluding tert-OH is 2. The number of carbonyl (C=O) groups is 1. The molecule has 2 rings (SSSR count). The van der Waals surface area contributed by atoms with Gasteiger partial charge in [0.2, 0.25) is 0 Å². The number of hydrogen-bond donors (Lipinski definition) is 3. The van der Waals surface area contributed by atoms with E-state index in [9.17, 15) is 19.8 Å². The molecule has 4 atom stereocenters. The van der Waals surface area contributed by atoms with Crippen LogP contribution in [-0.4, -0.2) is 49.8 Å². The van der Waals surface area contributed by atoms with Gasteiger partial charge in [0, 0.05) is 13.1 Å². The first-order valence-corrected chi connectivity index (χ1v) is 6.84. The molecule has 1 saturated heterocycles. The molecule has 0 saturated carbocycles. The third-order valence-electron chi connectivity index (χ3n) is 2.91. The second-order valence-corrected chi connectivity index (χ2v) is 5.75. The van der Waals surface area contributed by atoms with Crippen LogP contribution in [0.25, 0.3) is 0 Å². The van der Waals surface area contributed by atoms with E-state index in [1.165, 1.54) is 23.8 Å². The van der Waals surface area contributed by atoms with Gasteiger partial charge in [0.05, 0.1) is 11.4 Å². The van der Waals surface area contributed by atoms with E-state index >= 15 is 0 Å². The van der Waals surface area contributed by atoms with Gasteiger partial charge < -0.3 is 20.7 Å². The molecule has 0 spiro atoms. The van der Waals surface area contributed by atoms with Crippen molar-refractivity contribution < 1.29 is 19.7 Å². The van der Waals surface area contributed by atoms with Crippen molar-refractivity contribution in [3.63, 3.8) is 0 Å². The van der Waals surface area contributed by atoms with Gasteiger partial charge in [-0.3, -0.25) is 9.36 Å². The molecule has 0 aromatic carbocycles. The van der Waals surface area contributed by atoms with Gasteiger partial charge in [-0.1, -0.05) is 0 Å². The number of rotatable bonds is 3. The van der Waals surface area contributed by atoms with Crippen LogP contribution in [0.2, 0.25) is 0 Å². The number of carbonyl (C=O) groups excluding carboxylic acids is 1. The highest BCUT2D eigenvalue weighted by Gasteiger charge is 2.44. The van der Waals surface area contributed by atoms with E-state index in [0.29, 0.717) is 0 Å². The average Bonchev–Trinajstić information content (AvgIpc) is 2.64. The zero-order valence-electron chi connectivity index (χ0n) is 10.7. The molecule has 1 aromatic heterocycles. The van der Waals surface area contributed by atoms with E-state index in [0.717, 1.165) is 11.8 Å². The van der Waals surface area contributed by atoms with E-state index in [2.05, 4.69) is 4.98 Å². The van der Waals surface area contributed by atoms with Gasteiger partial charge in [-0.25, -0.2) is 4.79 Å². The maximum Gasteiger partial charge on any atom is 0.350 e. The van der Waals surface area contributed by atoms with Gasteiger partial charge in [-0.15, -0.1) is 11.8 Å². The third kappa shape index (κ3) is 2.94. The van der Waals surface area contributed by atoms with Crippen molar-refractivity contribution in [1.29, 1.82) is 0 Å². The molecule has 1 aliphatic heterocycles. The monoisotopic (exact) mass is 301 g/mol. The van der Waals surface area contributed by atoms with Crippen LogP contribution in [0.5, 0.6) is 0 Å². The maximum absolute atomic E-state index is 11.7. The minimum absolute atomic E-state index is 0.0358. The lowest BCUT2D eigenvalue weighted by Gasteiger charge is -2.17. The Bertz CT molecular complexity index is 563. The quantitative estimate of drug-likeness (QED) is 0.589. The summed E-state index contributed by atoms with van der Waals surface area (Å²) in [7, 11) is 0. The number of hydrogen-bond acceptors (Lipinski definition) is 8. The number of nitrogens with two attached hydrogens (primary N) is 1. The highest BCUT2D eigenvalue weighted by Crippen LogP contribution is 2.41. The van der Waals surface area contributed by atoms with Gasteiger partial charge in [-0.2, -0.15) is 4.98 Å². The first-order chi connectivity index (χ1) is 9.40. The number of esters is 1. The zero-order chi connectivity index (χ0) is 14.9. The number of aliphatic hydroxyl groups is 2. The second-order valence-electron chi connectivity index (χ2n) is 4.39. The summed E-state index contributed by atoms with van der Waals surface area (Å²) in [6.07, 6.45) is -0.857. The Hall–Kier alpha value is -1.58. The number of nitrogen functional groups attached to an aromatic ring is 1. The Morgan fingerprint density at radius 2 is 2.25 bits per heavy atom. The molecule has 0 aliphatic carbocycles. The standard InChI is InChI=1S/C11H15N3O5S/c1-5(15)19-4-6-8(16)9(17)10(20-6)14-3-2-7(12)13-11(14)18/h2-3,6,8-10,16-17H,4H2,1H3,(H2,12,13,18)/t6-,8?,9?,10-/m1/s1. The van der Waals surface area contributed by atoms with Crippen LogP contribution in [0.1, 0.15) is 12.3 Å². The Labute approximate surface area is 118 Å². The maximum atomic E-state index is 11.7.